The molecule has 0 bridgehead atoms. The predicted molar refractivity (Wildman–Crippen MR) is 59.9 cm³/mol. The van der Waals surface area contributed by atoms with Gasteiger partial charge in [0.25, 0.3) is 0 Å². The Balaban J connectivity index is 1.88. The molecule has 1 aliphatic heterocycles. The number of para-hydroxylation sites is 2. The fourth-order valence-electron chi connectivity index (χ4n) is 1.49. The van der Waals surface area contributed by atoms with E-state index in [1.807, 2.05) is 24.3 Å². The van der Waals surface area contributed by atoms with Gasteiger partial charge in [-0.05, 0) is 12.1 Å². The lowest BCUT2D eigenvalue weighted by Gasteiger charge is -2.26. The van der Waals surface area contributed by atoms with Crippen molar-refractivity contribution in [2.24, 2.45) is 0 Å². The van der Waals surface area contributed by atoms with Gasteiger partial charge in [-0.3, -0.25) is 0 Å². The SMILES string of the molecule is ClCCNC[C@H]1COc2ccccc2O1. The maximum atomic E-state index is 5.75. The van der Waals surface area contributed by atoms with Gasteiger partial charge >= 0.3 is 0 Å². The van der Waals surface area contributed by atoms with Crippen molar-refractivity contribution in [3.63, 3.8) is 0 Å². The van der Waals surface area contributed by atoms with Gasteiger partial charge in [0.15, 0.2) is 11.5 Å². The second-order valence-electron chi connectivity index (χ2n) is 3.39. The van der Waals surface area contributed by atoms with Crippen LogP contribution in [0.4, 0.5) is 0 Å². The third kappa shape index (κ3) is 2.76. The van der Waals surface area contributed by atoms with E-state index in [1.54, 1.807) is 0 Å². The molecule has 4 heteroatoms. The molecule has 0 spiro atoms. The maximum absolute atomic E-state index is 5.75. The molecule has 15 heavy (non-hydrogen) atoms. The van der Waals surface area contributed by atoms with Crippen molar-refractivity contribution in [2.75, 3.05) is 25.6 Å². The minimum atomic E-state index is 0.0723. The zero-order valence-corrected chi connectivity index (χ0v) is 9.17. The van der Waals surface area contributed by atoms with Crippen molar-refractivity contribution in [2.45, 2.75) is 6.10 Å². The van der Waals surface area contributed by atoms with Crippen molar-refractivity contribution >= 4 is 11.6 Å². The van der Waals surface area contributed by atoms with Crippen LogP contribution in [0.15, 0.2) is 24.3 Å². The molecule has 1 aromatic carbocycles. The number of benzene rings is 1. The van der Waals surface area contributed by atoms with Crippen LogP contribution < -0.4 is 14.8 Å². The largest absolute Gasteiger partial charge is 0.486 e. The molecule has 1 atom stereocenters. The average molecular weight is 228 g/mol. The Kier molecular flexibility index (Phi) is 3.69. The number of rotatable bonds is 4. The van der Waals surface area contributed by atoms with Gasteiger partial charge in [-0.15, -0.1) is 11.6 Å². The summed E-state index contributed by atoms with van der Waals surface area (Å²) in [6.07, 6.45) is 0.0723. The van der Waals surface area contributed by atoms with Crippen LogP contribution in [0.2, 0.25) is 0 Å². The number of hydrogen-bond acceptors (Lipinski definition) is 3. The molecule has 2 rings (SSSR count). The highest BCUT2D eigenvalue weighted by atomic mass is 35.5. The van der Waals surface area contributed by atoms with Crippen molar-refractivity contribution in [3.05, 3.63) is 24.3 Å². The molecule has 3 nitrogen and oxygen atoms in total. The highest BCUT2D eigenvalue weighted by Gasteiger charge is 2.19. The zero-order valence-electron chi connectivity index (χ0n) is 8.41. The van der Waals surface area contributed by atoms with Crippen LogP contribution in [0.1, 0.15) is 0 Å². The first-order valence-electron chi connectivity index (χ1n) is 5.05. The van der Waals surface area contributed by atoms with Crippen molar-refractivity contribution in [1.29, 1.82) is 0 Å². The second kappa shape index (κ2) is 5.24. The van der Waals surface area contributed by atoms with E-state index in [1.165, 1.54) is 0 Å². The highest BCUT2D eigenvalue weighted by Crippen LogP contribution is 2.30. The number of hydrogen-bond donors (Lipinski definition) is 1. The quantitative estimate of drug-likeness (QED) is 0.627. The molecule has 0 radical (unpaired) electrons. The zero-order chi connectivity index (χ0) is 10.5. The Labute approximate surface area is 94.3 Å². The number of halogens is 1. The molecule has 0 aromatic heterocycles. The predicted octanol–water partition coefficient (Wildman–Crippen LogP) is 1.65. The second-order valence-corrected chi connectivity index (χ2v) is 3.77. The lowest BCUT2D eigenvalue weighted by Crippen LogP contribution is -2.39. The summed E-state index contributed by atoms with van der Waals surface area (Å²) in [7, 11) is 0. The lowest BCUT2D eigenvalue weighted by atomic mass is 10.2. The summed E-state index contributed by atoms with van der Waals surface area (Å²) in [5.74, 6) is 2.26. The van der Waals surface area contributed by atoms with Crippen LogP contribution in [0.5, 0.6) is 11.5 Å². The average Bonchev–Trinajstić information content (AvgIpc) is 2.29. The van der Waals surface area contributed by atoms with Crippen molar-refractivity contribution in [3.8, 4) is 11.5 Å². The van der Waals surface area contributed by atoms with E-state index >= 15 is 0 Å². The monoisotopic (exact) mass is 227 g/mol. The summed E-state index contributed by atoms with van der Waals surface area (Å²) in [5.41, 5.74) is 0. The van der Waals surface area contributed by atoms with Crippen LogP contribution in [-0.4, -0.2) is 31.7 Å². The summed E-state index contributed by atoms with van der Waals surface area (Å²) in [6.45, 7) is 2.15. The van der Waals surface area contributed by atoms with Gasteiger partial charge in [0.05, 0.1) is 0 Å². The molecule has 1 N–H and O–H groups in total. The molecule has 1 heterocycles. The third-order valence-corrected chi connectivity index (χ3v) is 2.40. The summed E-state index contributed by atoms with van der Waals surface area (Å²) >= 11 is 5.57. The molecule has 0 amide bonds. The van der Waals surface area contributed by atoms with E-state index < -0.39 is 0 Å². The Bertz CT molecular complexity index is 319. The van der Waals surface area contributed by atoms with E-state index in [0.717, 1.165) is 24.6 Å². The molecule has 0 saturated heterocycles. The first kappa shape index (κ1) is 10.6. The van der Waals surface area contributed by atoms with E-state index in [2.05, 4.69) is 5.32 Å². The standard InChI is InChI=1S/C11H14ClNO2/c12-5-6-13-7-9-8-14-10-3-1-2-4-11(10)15-9/h1-4,9,13H,5-8H2/t9-/m0/s1. The normalized spacial score (nSPS) is 18.9. The number of nitrogens with one attached hydrogen (secondary N) is 1. The summed E-state index contributed by atoms with van der Waals surface area (Å²) in [5, 5.41) is 3.20. The molecule has 1 aromatic rings. The van der Waals surface area contributed by atoms with E-state index in [9.17, 15) is 0 Å². The molecular weight excluding hydrogens is 214 g/mol. The Morgan fingerprint density at radius 1 is 1.33 bits per heavy atom. The molecule has 0 unspecified atom stereocenters. The van der Waals surface area contributed by atoms with Crippen LogP contribution in [-0.2, 0) is 0 Å². The van der Waals surface area contributed by atoms with E-state index in [-0.39, 0.29) is 6.10 Å². The summed E-state index contributed by atoms with van der Waals surface area (Å²) < 4.78 is 11.3. The maximum Gasteiger partial charge on any atom is 0.161 e. The molecule has 0 aliphatic carbocycles. The van der Waals surface area contributed by atoms with Crippen molar-refractivity contribution in [1.82, 2.24) is 5.32 Å². The van der Waals surface area contributed by atoms with Gasteiger partial charge in [-0.25, -0.2) is 0 Å². The summed E-state index contributed by atoms with van der Waals surface area (Å²) in [4.78, 5) is 0. The van der Waals surface area contributed by atoms with E-state index in [4.69, 9.17) is 21.1 Å². The van der Waals surface area contributed by atoms with Crippen LogP contribution >= 0.6 is 11.6 Å². The molecule has 0 fully saturated rings. The number of fused-ring (bicyclic) bond motifs is 1. The van der Waals surface area contributed by atoms with Gasteiger partial charge in [0, 0.05) is 19.0 Å². The fraction of sp³-hybridized carbons (Fsp3) is 0.455. The molecule has 1 aliphatic rings. The summed E-state index contributed by atoms with van der Waals surface area (Å²) in [6, 6.07) is 7.71. The Morgan fingerprint density at radius 3 is 2.93 bits per heavy atom. The molecule has 0 saturated carbocycles. The fourth-order valence-corrected chi connectivity index (χ4v) is 1.63. The smallest absolute Gasteiger partial charge is 0.161 e. The minimum Gasteiger partial charge on any atom is -0.486 e. The van der Waals surface area contributed by atoms with Gasteiger partial charge in [-0.2, -0.15) is 0 Å². The number of alkyl halides is 1. The van der Waals surface area contributed by atoms with Gasteiger partial charge in [0.2, 0.25) is 0 Å². The van der Waals surface area contributed by atoms with Crippen molar-refractivity contribution < 1.29 is 9.47 Å². The first-order valence-corrected chi connectivity index (χ1v) is 5.59. The van der Waals surface area contributed by atoms with Crippen LogP contribution in [0.25, 0.3) is 0 Å². The molecular formula is C11H14ClNO2. The van der Waals surface area contributed by atoms with Crippen LogP contribution in [0, 0.1) is 0 Å². The van der Waals surface area contributed by atoms with Gasteiger partial charge in [0.1, 0.15) is 12.7 Å². The Morgan fingerprint density at radius 2 is 2.13 bits per heavy atom. The lowest BCUT2D eigenvalue weighted by molar-refractivity contribution is 0.0909. The van der Waals surface area contributed by atoms with Crippen LogP contribution in [0.3, 0.4) is 0 Å². The Hall–Kier alpha value is -0.930. The van der Waals surface area contributed by atoms with Gasteiger partial charge in [-0.1, -0.05) is 12.1 Å². The topological polar surface area (TPSA) is 30.5 Å². The highest BCUT2D eigenvalue weighted by molar-refractivity contribution is 6.18. The minimum absolute atomic E-state index is 0.0723. The van der Waals surface area contributed by atoms with E-state index in [0.29, 0.717) is 12.5 Å². The number of ether oxygens (including phenoxy) is 2. The third-order valence-electron chi connectivity index (χ3n) is 2.21. The first-order chi connectivity index (χ1) is 7.40. The van der Waals surface area contributed by atoms with Gasteiger partial charge < -0.3 is 14.8 Å². The molecule has 82 valence electrons.